The molecule has 0 unspecified atom stereocenters. The molecule has 0 amide bonds. The summed E-state index contributed by atoms with van der Waals surface area (Å²) in [5.41, 5.74) is 7.38. The number of aromatic nitrogens is 2. The van der Waals surface area contributed by atoms with Gasteiger partial charge in [0, 0.05) is 5.56 Å². The van der Waals surface area contributed by atoms with Crippen molar-refractivity contribution in [3.8, 4) is 11.4 Å². The van der Waals surface area contributed by atoms with Crippen molar-refractivity contribution >= 4 is 11.6 Å². The first-order valence-corrected chi connectivity index (χ1v) is 6.88. The number of methoxy groups -OCH3 is 1. The number of ether oxygens (including phenoxy) is 1. The average molecular weight is 311 g/mol. The molecule has 116 valence electrons. The third kappa shape index (κ3) is 2.78. The van der Waals surface area contributed by atoms with Crippen molar-refractivity contribution in [1.82, 2.24) is 9.78 Å². The fraction of sp³-hybridized carbons (Fsp3) is 0.0588. The van der Waals surface area contributed by atoms with Crippen LogP contribution in [-0.2, 0) is 0 Å². The van der Waals surface area contributed by atoms with Gasteiger partial charge in [-0.05, 0) is 48.5 Å². The summed E-state index contributed by atoms with van der Waals surface area (Å²) >= 11 is 0. The average Bonchev–Trinajstić information content (AvgIpc) is 2.96. The van der Waals surface area contributed by atoms with Gasteiger partial charge < -0.3 is 10.5 Å². The highest BCUT2D eigenvalue weighted by Crippen LogP contribution is 2.22. The van der Waals surface area contributed by atoms with E-state index in [0.717, 1.165) is 0 Å². The second-order valence-corrected chi connectivity index (χ2v) is 4.89. The van der Waals surface area contributed by atoms with E-state index in [1.165, 1.54) is 35.1 Å². The third-order valence-corrected chi connectivity index (χ3v) is 3.47. The van der Waals surface area contributed by atoms with Gasteiger partial charge in [0.1, 0.15) is 17.4 Å². The van der Waals surface area contributed by atoms with E-state index in [2.05, 4.69) is 5.10 Å². The normalized spacial score (nSPS) is 10.5. The number of rotatable bonds is 4. The summed E-state index contributed by atoms with van der Waals surface area (Å²) in [6, 6.07) is 12.4. The smallest absolute Gasteiger partial charge is 0.198 e. The number of hydrogen-bond acceptors (Lipinski definition) is 4. The summed E-state index contributed by atoms with van der Waals surface area (Å²) in [6.07, 6.45) is 1.41. The summed E-state index contributed by atoms with van der Waals surface area (Å²) in [4.78, 5) is 12.4. The second kappa shape index (κ2) is 5.92. The third-order valence-electron chi connectivity index (χ3n) is 3.47. The number of carbonyl (C=O) groups is 1. The lowest BCUT2D eigenvalue weighted by Crippen LogP contribution is -2.07. The predicted molar refractivity (Wildman–Crippen MR) is 84.4 cm³/mol. The van der Waals surface area contributed by atoms with Crippen molar-refractivity contribution in [2.75, 3.05) is 12.8 Å². The van der Waals surface area contributed by atoms with Crippen LogP contribution in [0, 0.1) is 5.82 Å². The number of anilines is 1. The van der Waals surface area contributed by atoms with Crippen LogP contribution < -0.4 is 10.5 Å². The second-order valence-electron chi connectivity index (χ2n) is 4.89. The van der Waals surface area contributed by atoms with E-state index in [1.807, 2.05) is 0 Å². The minimum Gasteiger partial charge on any atom is -0.497 e. The van der Waals surface area contributed by atoms with Crippen molar-refractivity contribution in [3.63, 3.8) is 0 Å². The minimum atomic E-state index is -0.400. The van der Waals surface area contributed by atoms with E-state index in [-0.39, 0.29) is 17.2 Å². The van der Waals surface area contributed by atoms with E-state index < -0.39 is 5.82 Å². The van der Waals surface area contributed by atoms with Gasteiger partial charge in [0.2, 0.25) is 0 Å². The molecule has 2 N–H and O–H groups in total. The Morgan fingerprint density at radius 2 is 1.78 bits per heavy atom. The zero-order chi connectivity index (χ0) is 16.4. The Balaban J connectivity index is 1.95. The van der Waals surface area contributed by atoms with Crippen molar-refractivity contribution in [3.05, 3.63) is 71.7 Å². The molecule has 0 aliphatic heterocycles. The lowest BCUT2D eigenvalue weighted by molar-refractivity contribution is 0.103. The van der Waals surface area contributed by atoms with Gasteiger partial charge in [-0.2, -0.15) is 5.10 Å². The Kier molecular flexibility index (Phi) is 3.80. The van der Waals surface area contributed by atoms with Crippen LogP contribution in [0.25, 0.3) is 5.69 Å². The topological polar surface area (TPSA) is 70.1 Å². The number of nitrogens with zero attached hydrogens (tertiary/aromatic N) is 2. The summed E-state index contributed by atoms with van der Waals surface area (Å²) in [7, 11) is 1.58. The molecular weight excluding hydrogens is 297 g/mol. The maximum atomic E-state index is 13.0. The number of carbonyl (C=O) groups excluding carboxylic acids is 1. The van der Waals surface area contributed by atoms with Crippen molar-refractivity contribution in [2.45, 2.75) is 0 Å². The largest absolute Gasteiger partial charge is 0.497 e. The van der Waals surface area contributed by atoms with Crippen LogP contribution >= 0.6 is 0 Å². The minimum absolute atomic E-state index is 0.226. The van der Waals surface area contributed by atoms with Crippen LogP contribution in [0.3, 0.4) is 0 Å². The molecular formula is C17H14FN3O2. The molecule has 0 saturated heterocycles. The number of ketones is 1. The highest BCUT2D eigenvalue weighted by molar-refractivity contribution is 6.11. The van der Waals surface area contributed by atoms with Crippen molar-refractivity contribution in [1.29, 1.82) is 0 Å². The van der Waals surface area contributed by atoms with Crippen LogP contribution in [0.15, 0.2) is 54.7 Å². The number of nitrogen functional groups attached to an aromatic ring is 1. The zero-order valence-corrected chi connectivity index (χ0v) is 12.4. The molecule has 0 bridgehead atoms. The highest BCUT2D eigenvalue weighted by atomic mass is 19.1. The van der Waals surface area contributed by atoms with E-state index in [4.69, 9.17) is 10.5 Å². The molecule has 0 spiro atoms. The zero-order valence-electron chi connectivity index (χ0n) is 12.4. The lowest BCUT2D eigenvalue weighted by Gasteiger charge is -2.06. The van der Waals surface area contributed by atoms with Gasteiger partial charge in [0.05, 0.1) is 24.6 Å². The number of hydrogen-bond donors (Lipinski definition) is 1. The van der Waals surface area contributed by atoms with Crippen LogP contribution in [0.2, 0.25) is 0 Å². The highest BCUT2D eigenvalue weighted by Gasteiger charge is 2.17. The van der Waals surface area contributed by atoms with E-state index in [9.17, 15) is 9.18 Å². The van der Waals surface area contributed by atoms with E-state index >= 15 is 0 Å². The van der Waals surface area contributed by atoms with Crippen LogP contribution in [0.4, 0.5) is 10.2 Å². The van der Waals surface area contributed by atoms with Gasteiger partial charge in [0.15, 0.2) is 5.78 Å². The molecule has 0 aliphatic carbocycles. The standard InChI is InChI=1S/C17H14FN3O2/c1-23-14-8-6-13(7-9-14)21-17(19)15(10-20-21)16(22)11-2-4-12(18)5-3-11/h2-10H,19H2,1H3. The van der Waals surface area contributed by atoms with Gasteiger partial charge >= 0.3 is 0 Å². The van der Waals surface area contributed by atoms with Gasteiger partial charge in [-0.15, -0.1) is 0 Å². The molecule has 3 rings (SSSR count). The molecule has 2 aromatic carbocycles. The predicted octanol–water partition coefficient (Wildman–Crippen LogP) is 2.83. The first-order chi connectivity index (χ1) is 11.1. The molecule has 1 aromatic heterocycles. The van der Waals surface area contributed by atoms with Gasteiger partial charge in [-0.25, -0.2) is 9.07 Å². The van der Waals surface area contributed by atoms with Crippen LogP contribution in [0.5, 0.6) is 5.75 Å². The quantitative estimate of drug-likeness (QED) is 0.752. The molecule has 0 atom stereocenters. The molecule has 23 heavy (non-hydrogen) atoms. The van der Waals surface area contributed by atoms with E-state index in [1.54, 1.807) is 31.4 Å². The molecule has 0 aliphatic rings. The van der Waals surface area contributed by atoms with Crippen molar-refractivity contribution in [2.24, 2.45) is 0 Å². The van der Waals surface area contributed by atoms with Gasteiger partial charge in [-0.3, -0.25) is 4.79 Å². The fourth-order valence-corrected chi connectivity index (χ4v) is 2.22. The molecule has 5 nitrogen and oxygen atoms in total. The fourth-order valence-electron chi connectivity index (χ4n) is 2.22. The Morgan fingerprint density at radius 1 is 1.13 bits per heavy atom. The monoisotopic (exact) mass is 311 g/mol. The van der Waals surface area contributed by atoms with E-state index in [0.29, 0.717) is 17.0 Å². The molecule has 0 fully saturated rings. The first-order valence-electron chi connectivity index (χ1n) is 6.88. The van der Waals surface area contributed by atoms with Gasteiger partial charge in [-0.1, -0.05) is 0 Å². The molecule has 6 heteroatoms. The molecule has 0 radical (unpaired) electrons. The maximum absolute atomic E-state index is 13.0. The summed E-state index contributed by atoms with van der Waals surface area (Å²) in [5, 5.41) is 4.16. The Morgan fingerprint density at radius 3 is 2.39 bits per heavy atom. The van der Waals surface area contributed by atoms with Crippen LogP contribution in [-0.4, -0.2) is 22.7 Å². The van der Waals surface area contributed by atoms with Crippen molar-refractivity contribution < 1.29 is 13.9 Å². The summed E-state index contributed by atoms with van der Waals surface area (Å²) in [5.74, 6) is 0.234. The Labute approximate surface area is 132 Å². The van der Waals surface area contributed by atoms with Gasteiger partial charge in [0.25, 0.3) is 0 Å². The lowest BCUT2D eigenvalue weighted by atomic mass is 10.1. The number of nitrogens with two attached hydrogens (primary N) is 1. The Bertz CT molecular complexity index is 839. The summed E-state index contributed by atoms with van der Waals surface area (Å²) < 4.78 is 19.5. The number of benzene rings is 2. The molecule has 0 saturated carbocycles. The molecule has 3 aromatic rings. The summed E-state index contributed by atoms with van der Waals surface area (Å²) in [6.45, 7) is 0. The number of halogens is 1. The van der Waals surface area contributed by atoms with Crippen LogP contribution in [0.1, 0.15) is 15.9 Å². The maximum Gasteiger partial charge on any atom is 0.198 e. The molecule has 1 heterocycles. The first kappa shape index (κ1) is 14.8. The Hall–Kier alpha value is -3.15. The SMILES string of the molecule is COc1ccc(-n2ncc(C(=O)c3ccc(F)cc3)c2N)cc1.